The predicted molar refractivity (Wildman–Crippen MR) is 85.7 cm³/mol. The summed E-state index contributed by atoms with van der Waals surface area (Å²) in [5.41, 5.74) is 1.15. The Kier molecular flexibility index (Phi) is 4.13. The average Bonchev–Trinajstić information content (AvgIpc) is 3.39. The van der Waals surface area contributed by atoms with Crippen molar-refractivity contribution < 1.29 is 9.47 Å². The van der Waals surface area contributed by atoms with E-state index in [1.54, 1.807) is 14.2 Å². The maximum absolute atomic E-state index is 5.35. The monoisotopic (exact) mass is 299 g/mol. The number of rotatable bonds is 6. The number of methoxy groups -OCH3 is 2. The Labute approximate surface area is 130 Å². The van der Waals surface area contributed by atoms with E-state index < -0.39 is 0 Å². The lowest BCUT2D eigenvalue weighted by Gasteiger charge is -2.19. The molecule has 0 aliphatic heterocycles. The van der Waals surface area contributed by atoms with Crippen molar-refractivity contribution in [2.45, 2.75) is 25.3 Å². The fraction of sp³-hybridized carbons (Fsp3) is 0.412. The number of aromatic nitrogens is 2. The minimum absolute atomic E-state index is 0.564. The first-order valence-electron chi connectivity index (χ1n) is 7.46. The van der Waals surface area contributed by atoms with E-state index in [1.807, 2.05) is 37.5 Å². The number of hydrogen-bond donors (Lipinski definition) is 0. The van der Waals surface area contributed by atoms with E-state index in [-0.39, 0.29) is 0 Å². The van der Waals surface area contributed by atoms with Gasteiger partial charge < -0.3 is 14.4 Å². The molecule has 1 aromatic heterocycles. The Morgan fingerprint density at radius 2 is 1.91 bits per heavy atom. The summed E-state index contributed by atoms with van der Waals surface area (Å²) in [6.07, 6.45) is 4.27. The second kappa shape index (κ2) is 6.22. The van der Waals surface area contributed by atoms with E-state index in [4.69, 9.17) is 9.47 Å². The van der Waals surface area contributed by atoms with E-state index >= 15 is 0 Å². The summed E-state index contributed by atoms with van der Waals surface area (Å²) in [6.45, 7) is 0.751. The highest BCUT2D eigenvalue weighted by Gasteiger charge is 2.26. The highest BCUT2D eigenvalue weighted by Crippen LogP contribution is 2.38. The number of nitrogens with zero attached hydrogens (tertiary/aromatic N) is 3. The van der Waals surface area contributed by atoms with Crippen molar-refractivity contribution >= 4 is 5.82 Å². The lowest BCUT2D eigenvalue weighted by molar-refractivity contribution is 0.354. The van der Waals surface area contributed by atoms with Crippen LogP contribution in [0.3, 0.4) is 0 Å². The number of ether oxygens (including phenoxy) is 2. The molecule has 116 valence electrons. The summed E-state index contributed by atoms with van der Waals surface area (Å²) in [6, 6.07) is 7.92. The van der Waals surface area contributed by atoms with Gasteiger partial charge in [0.15, 0.2) is 11.5 Å². The Bertz CT molecular complexity index is 656. The van der Waals surface area contributed by atoms with Crippen molar-refractivity contribution in [3.63, 3.8) is 0 Å². The second-order valence-corrected chi connectivity index (χ2v) is 5.59. The molecule has 22 heavy (non-hydrogen) atoms. The van der Waals surface area contributed by atoms with E-state index in [0.29, 0.717) is 5.92 Å². The summed E-state index contributed by atoms with van der Waals surface area (Å²) < 4.78 is 10.6. The van der Waals surface area contributed by atoms with E-state index in [1.165, 1.54) is 12.8 Å². The van der Waals surface area contributed by atoms with Gasteiger partial charge in [0.25, 0.3) is 0 Å². The Balaban J connectivity index is 1.76. The van der Waals surface area contributed by atoms with Gasteiger partial charge in [0.05, 0.1) is 14.2 Å². The van der Waals surface area contributed by atoms with Gasteiger partial charge in [-0.15, -0.1) is 0 Å². The molecular weight excluding hydrogens is 278 g/mol. The molecule has 1 fully saturated rings. The molecule has 5 heteroatoms. The van der Waals surface area contributed by atoms with Crippen LogP contribution in [0.5, 0.6) is 11.5 Å². The molecule has 1 aliphatic rings. The molecule has 1 heterocycles. The summed E-state index contributed by atoms with van der Waals surface area (Å²) in [5.74, 6) is 3.97. The van der Waals surface area contributed by atoms with Crippen molar-refractivity contribution in [2.24, 2.45) is 0 Å². The van der Waals surface area contributed by atoms with Gasteiger partial charge in [-0.1, -0.05) is 6.07 Å². The van der Waals surface area contributed by atoms with Crippen LogP contribution in [-0.4, -0.2) is 31.2 Å². The quantitative estimate of drug-likeness (QED) is 0.820. The molecule has 0 radical (unpaired) electrons. The molecule has 1 aromatic carbocycles. The number of hydrogen-bond acceptors (Lipinski definition) is 5. The summed E-state index contributed by atoms with van der Waals surface area (Å²) in [7, 11) is 5.33. The van der Waals surface area contributed by atoms with Gasteiger partial charge >= 0.3 is 0 Å². The van der Waals surface area contributed by atoms with Gasteiger partial charge in [-0.25, -0.2) is 9.97 Å². The van der Waals surface area contributed by atoms with Crippen molar-refractivity contribution in [3.8, 4) is 11.5 Å². The molecule has 1 saturated carbocycles. The van der Waals surface area contributed by atoms with Gasteiger partial charge in [0, 0.05) is 25.7 Å². The first-order chi connectivity index (χ1) is 10.7. The highest BCUT2D eigenvalue weighted by atomic mass is 16.5. The van der Waals surface area contributed by atoms with E-state index in [9.17, 15) is 0 Å². The van der Waals surface area contributed by atoms with Crippen LogP contribution in [-0.2, 0) is 6.54 Å². The number of anilines is 1. The molecule has 1 aliphatic carbocycles. The third-order valence-corrected chi connectivity index (χ3v) is 3.86. The van der Waals surface area contributed by atoms with Gasteiger partial charge in [-0.2, -0.15) is 0 Å². The molecule has 2 aromatic rings. The predicted octanol–water partition coefficient (Wildman–Crippen LogP) is 3.01. The van der Waals surface area contributed by atoms with Crippen molar-refractivity contribution in [2.75, 3.05) is 26.2 Å². The molecule has 0 atom stereocenters. The Hall–Kier alpha value is -2.30. The van der Waals surface area contributed by atoms with Crippen LogP contribution in [0.2, 0.25) is 0 Å². The van der Waals surface area contributed by atoms with Gasteiger partial charge in [-0.3, -0.25) is 0 Å². The minimum atomic E-state index is 0.564. The molecule has 3 rings (SSSR count). The lowest BCUT2D eigenvalue weighted by atomic mass is 10.2. The number of benzene rings is 1. The smallest absolute Gasteiger partial charge is 0.161 e. The van der Waals surface area contributed by atoms with Crippen LogP contribution < -0.4 is 14.4 Å². The normalized spacial score (nSPS) is 13.8. The third-order valence-electron chi connectivity index (χ3n) is 3.86. The highest BCUT2D eigenvalue weighted by molar-refractivity contribution is 5.45. The zero-order chi connectivity index (χ0) is 15.5. The molecule has 0 spiro atoms. The molecule has 0 amide bonds. The van der Waals surface area contributed by atoms with Crippen LogP contribution in [0.4, 0.5) is 5.82 Å². The zero-order valence-electron chi connectivity index (χ0n) is 13.2. The second-order valence-electron chi connectivity index (χ2n) is 5.59. The lowest BCUT2D eigenvalue weighted by Crippen LogP contribution is -2.18. The fourth-order valence-corrected chi connectivity index (χ4v) is 2.45. The van der Waals surface area contributed by atoms with Crippen LogP contribution in [0.1, 0.15) is 30.1 Å². The fourth-order valence-electron chi connectivity index (χ4n) is 2.45. The van der Waals surface area contributed by atoms with Crippen LogP contribution in [0.15, 0.2) is 30.5 Å². The first-order valence-corrected chi connectivity index (χ1v) is 7.46. The summed E-state index contributed by atoms with van der Waals surface area (Å²) in [5, 5.41) is 0. The van der Waals surface area contributed by atoms with Gasteiger partial charge in [0.1, 0.15) is 11.6 Å². The summed E-state index contributed by atoms with van der Waals surface area (Å²) in [4.78, 5) is 11.2. The molecule has 0 bridgehead atoms. The molecule has 0 N–H and O–H groups in total. The SMILES string of the molecule is COc1ccc(CN(C)c2ccnc(C3CC3)n2)cc1OC. The molecule has 0 unspecified atom stereocenters. The van der Waals surface area contributed by atoms with Crippen molar-refractivity contribution in [1.82, 2.24) is 9.97 Å². The van der Waals surface area contributed by atoms with Crippen molar-refractivity contribution in [1.29, 1.82) is 0 Å². The average molecular weight is 299 g/mol. The first kappa shape index (κ1) is 14.6. The maximum atomic E-state index is 5.35. The maximum Gasteiger partial charge on any atom is 0.161 e. The summed E-state index contributed by atoms with van der Waals surface area (Å²) >= 11 is 0. The zero-order valence-corrected chi connectivity index (χ0v) is 13.2. The standard InChI is InChI=1S/C17H21N3O2/c1-20(16-8-9-18-17(19-16)13-5-6-13)11-12-4-7-14(21-2)15(10-12)22-3/h4,7-10,13H,5-6,11H2,1-3H3. The Morgan fingerprint density at radius 1 is 1.14 bits per heavy atom. The van der Waals surface area contributed by atoms with E-state index in [0.717, 1.165) is 35.2 Å². The molecule has 5 nitrogen and oxygen atoms in total. The Morgan fingerprint density at radius 3 is 2.59 bits per heavy atom. The largest absolute Gasteiger partial charge is 0.493 e. The topological polar surface area (TPSA) is 47.5 Å². The van der Waals surface area contributed by atoms with Crippen LogP contribution in [0, 0.1) is 0 Å². The van der Waals surface area contributed by atoms with E-state index in [2.05, 4.69) is 14.9 Å². The molecular formula is C17H21N3O2. The minimum Gasteiger partial charge on any atom is -0.493 e. The van der Waals surface area contributed by atoms with Crippen LogP contribution in [0.25, 0.3) is 0 Å². The van der Waals surface area contributed by atoms with Gasteiger partial charge in [-0.05, 0) is 36.6 Å². The molecule has 0 saturated heterocycles. The van der Waals surface area contributed by atoms with Crippen LogP contribution >= 0.6 is 0 Å². The van der Waals surface area contributed by atoms with Crippen molar-refractivity contribution in [3.05, 3.63) is 41.9 Å². The third kappa shape index (κ3) is 3.13. The van der Waals surface area contributed by atoms with Gasteiger partial charge in [0.2, 0.25) is 0 Å².